The monoisotopic (exact) mass is 510 g/mol. The van der Waals surface area contributed by atoms with Crippen LogP contribution in [0.25, 0.3) is 77.3 Å². The van der Waals surface area contributed by atoms with Crippen LogP contribution in [0.15, 0.2) is 134 Å². The fourth-order valence-electron chi connectivity index (χ4n) is 5.54. The van der Waals surface area contributed by atoms with Gasteiger partial charge >= 0.3 is 0 Å². The van der Waals surface area contributed by atoms with Gasteiger partial charge < -0.3 is 0 Å². The summed E-state index contributed by atoms with van der Waals surface area (Å²) < 4.78 is 0. The predicted octanol–water partition coefficient (Wildman–Crippen LogP) is 8.88. The van der Waals surface area contributed by atoms with E-state index in [1.165, 1.54) is 21.5 Å². The number of pyridine rings is 2. The quantitative estimate of drug-likeness (QED) is 0.223. The first kappa shape index (κ1) is 22.5. The Labute approximate surface area is 230 Å². The molecule has 5 aromatic carbocycles. The van der Waals surface area contributed by atoms with Crippen molar-refractivity contribution in [3.63, 3.8) is 0 Å². The Morgan fingerprint density at radius 1 is 0.375 bits per heavy atom. The number of nitrogens with zero attached hydrogens (tertiary/aromatic N) is 4. The number of rotatable bonds is 3. The average Bonchev–Trinajstić information content (AvgIpc) is 3.04. The third-order valence-corrected chi connectivity index (χ3v) is 7.55. The molecule has 0 aliphatic carbocycles. The second kappa shape index (κ2) is 9.07. The molecule has 0 N–H and O–H groups in total. The van der Waals surface area contributed by atoms with Crippen LogP contribution < -0.4 is 0 Å². The van der Waals surface area contributed by atoms with E-state index < -0.39 is 0 Å². The molecule has 3 heterocycles. The van der Waals surface area contributed by atoms with Crippen molar-refractivity contribution in [1.29, 1.82) is 0 Å². The third-order valence-electron chi connectivity index (χ3n) is 7.55. The molecular formula is C36H22N4. The molecule has 186 valence electrons. The van der Waals surface area contributed by atoms with E-state index in [2.05, 4.69) is 89.9 Å². The lowest BCUT2D eigenvalue weighted by Gasteiger charge is -2.12. The summed E-state index contributed by atoms with van der Waals surface area (Å²) >= 11 is 0. The summed E-state index contributed by atoms with van der Waals surface area (Å²) in [5.41, 5.74) is 7.17. The average molecular weight is 511 g/mol. The van der Waals surface area contributed by atoms with Gasteiger partial charge in [0.15, 0.2) is 0 Å². The first-order valence-electron chi connectivity index (χ1n) is 13.3. The molecular weight excluding hydrogens is 488 g/mol. The predicted molar refractivity (Wildman–Crippen MR) is 164 cm³/mol. The number of hydrogen-bond acceptors (Lipinski definition) is 4. The fourth-order valence-corrected chi connectivity index (χ4v) is 5.54. The molecule has 0 atom stereocenters. The van der Waals surface area contributed by atoms with Crippen LogP contribution in [0.3, 0.4) is 0 Å². The zero-order valence-corrected chi connectivity index (χ0v) is 21.5. The maximum absolute atomic E-state index is 5.22. The SMILES string of the molecule is c1ccc(-c2cnc(-c3ccc4ccc5ccc(-c6cc7ccccc7c7ccccc67)nc5c4n3)cn2)cc1. The van der Waals surface area contributed by atoms with E-state index in [1.807, 2.05) is 36.4 Å². The van der Waals surface area contributed by atoms with E-state index in [9.17, 15) is 0 Å². The van der Waals surface area contributed by atoms with Gasteiger partial charge in [0, 0.05) is 21.9 Å². The van der Waals surface area contributed by atoms with Crippen LogP contribution in [0, 0.1) is 0 Å². The van der Waals surface area contributed by atoms with Crippen LogP contribution >= 0.6 is 0 Å². The van der Waals surface area contributed by atoms with Gasteiger partial charge in [-0.3, -0.25) is 9.97 Å². The summed E-state index contributed by atoms with van der Waals surface area (Å²) in [6, 6.07) is 42.0. The van der Waals surface area contributed by atoms with Crippen molar-refractivity contribution in [1.82, 2.24) is 19.9 Å². The smallest absolute Gasteiger partial charge is 0.107 e. The van der Waals surface area contributed by atoms with Crippen LogP contribution in [-0.2, 0) is 0 Å². The summed E-state index contributed by atoms with van der Waals surface area (Å²) in [5, 5.41) is 6.96. The van der Waals surface area contributed by atoms with Crippen LogP contribution in [0.4, 0.5) is 0 Å². The summed E-state index contributed by atoms with van der Waals surface area (Å²) in [4.78, 5) is 19.6. The molecule has 0 amide bonds. The molecule has 8 rings (SSSR count). The topological polar surface area (TPSA) is 51.6 Å². The van der Waals surface area contributed by atoms with Gasteiger partial charge in [0.1, 0.15) is 5.69 Å². The highest BCUT2D eigenvalue weighted by atomic mass is 14.8. The van der Waals surface area contributed by atoms with Crippen molar-refractivity contribution in [3.8, 4) is 33.9 Å². The molecule has 0 fully saturated rings. The molecule has 40 heavy (non-hydrogen) atoms. The zero-order valence-electron chi connectivity index (χ0n) is 21.5. The van der Waals surface area contributed by atoms with Gasteiger partial charge in [-0.2, -0.15) is 0 Å². The molecule has 4 heteroatoms. The van der Waals surface area contributed by atoms with E-state index in [4.69, 9.17) is 15.0 Å². The molecule has 4 nitrogen and oxygen atoms in total. The molecule has 0 radical (unpaired) electrons. The fraction of sp³-hybridized carbons (Fsp3) is 0. The maximum Gasteiger partial charge on any atom is 0.107 e. The van der Waals surface area contributed by atoms with E-state index in [-0.39, 0.29) is 0 Å². The van der Waals surface area contributed by atoms with E-state index in [1.54, 1.807) is 12.4 Å². The van der Waals surface area contributed by atoms with Gasteiger partial charge in [-0.25, -0.2) is 9.97 Å². The molecule has 8 aromatic rings. The lowest BCUT2D eigenvalue weighted by molar-refractivity contribution is 1.19. The molecule has 0 unspecified atom stereocenters. The van der Waals surface area contributed by atoms with Gasteiger partial charge in [-0.1, -0.05) is 103 Å². The van der Waals surface area contributed by atoms with Crippen molar-refractivity contribution in [2.45, 2.75) is 0 Å². The molecule has 0 spiro atoms. The summed E-state index contributed by atoms with van der Waals surface area (Å²) in [6.45, 7) is 0. The Kier molecular flexibility index (Phi) is 5.10. The molecule has 0 aliphatic rings. The highest BCUT2D eigenvalue weighted by molar-refractivity contribution is 6.14. The largest absolute Gasteiger partial charge is 0.252 e. The molecule has 0 aliphatic heterocycles. The van der Waals surface area contributed by atoms with Crippen molar-refractivity contribution >= 4 is 43.4 Å². The minimum Gasteiger partial charge on any atom is -0.252 e. The number of hydrogen-bond donors (Lipinski definition) is 0. The van der Waals surface area contributed by atoms with Crippen LogP contribution in [-0.4, -0.2) is 19.9 Å². The standard InChI is InChI=1S/C36H22N4/c1-2-8-23(9-3-1)33-21-38-34(22-37-33)32-19-17-25-15-14-24-16-18-31(39-35(24)36(25)40-32)30-20-26-10-4-5-11-27(26)28-12-6-7-13-29(28)30/h1-22H. The molecule has 0 saturated carbocycles. The Balaban J connectivity index is 1.29. The second-order valence-electron chi connectivity index (χ2n) is 9.95. The Bertz CT molecular complexity index is 2200. The summed E-state index contributed by atoms with van der Waals surface area (Å²) in [6.07, 6.45) is 3.60. The minimum atomic E-state index is 0.732. The summed E-state index contributed by atoms with van der Waals surface area (Å²) in [7, 11) is 0. The van der Waals surface area contributed by atoms with Crippen molar-refractivity contribution < 1.29 is 0 Å². The lowest BCUT2D eigenvalue weighted by Crippen LogP contribution is -1.94. The summed E-state index contributed by atoms with van der Waals surface area (Å²) in [5.74, 6) is 0. The van der Waals surface area contributed by atoms with Crippen LogP contribution in [0.1, 0.15) is 0 Å². The van der Waals surface area contributed by atoms with Crippen LogP contribution in [0.2, 0.25) is 0 Å². The minimum absolute atomic E-state index is 0.732. The normalized spacial score (nSPS) is 11.5. The van der Waals surface area contributed by atoms with Crippen LogP contribution in [0.5, 0.6) is 0 Å². The molecule has 0 saturated heterocycles. The highest BCUT2D eigenvalue weighted by Crippen LogP contribution is 2.35. The van der Waals surface area contributed by atoms with Gasteiger partial charge in [0.2, 0.25) is 0 Å². The number of aromatic nitrogens is 4. The highest BCUT2D eigenvalue weighted by Gasteiger charge is 2.13. The van der Waals surface area contributed by atoms with Crippen molar-refractivity contribution in [2.75, 3.05) is 0 Å². The van der Waals surface area contributed by atoms with E-state index >= 15 is 0 Å². The van der Waals surface area contributed by atoms with Gasteiger partial charge in [-0.15, -0.1) is 0 Å². The first-order chi connectivity index (χ1) is 19.8. The van der Waals surface area contributed by atoms with Gasteiger partial charge in [0.05, 0.1) is 40.5 Å². The molecule has 3 aromatic heterocycles. The Morgan fingerprint density at radius 2 is 0.950 bits per heavy atom. The molecule has 0 bridgehead atoms. The number of fused-ring (bicyclic) bond motifs is 6. The maximum atomic E-state index is 5.22. The third kappa shape index (κ3) is 3.69. The van der Waals surface area contributed by atoms with E-state index in [0.717, 1.165) is 55.7 Å². The zero-order chi connectivity index (χ0) is 26.5. The van der Waals surface area contributed by atoms with Gasteiger partial charge in [-0.05, 0) is 39.7 Å². The number of benzene rings is 5. The lowest BCUT2D eigenvalue weighted by atomic mass is 9.95. The van der Waals surface area contributed by atoms with Crippen molar-refractivity contribution in [3.05, 3.63) is 134 Å². The Hall–Kier alpha value is -5.48. The Morgan fingerprint density at radius 3 is 1.70 bits per heavy atom. The van der Waals surface area contributed by atoms with Crippen molar-refractivity contribution in [2.24, 2.45) is 0 Å². The first-order valence-corrected chi connectivity index (χ1v) is 13.3. The van der Waals surface area contributed by atoms with E-state index in [0.29, 0.717) is 0 Å². The van der Waals surface area contributed by atoms with Gasteiger partial charge in [0.25, 0.3) is 0 Å². The second-order valence-corrected chi connectivity index (χ2v) is 9.95.